The van der Waals surface area contributed by atoms with Crippen LogP contribution in [0.4, 0.5) is 8.78 Å². The number of hydrogen-bond acceptors (Lipinski definition) is 3. The van der Waals surface area contributed by atoms with Gasteiger partial charge < -0.3 is 0 Å². The molecular formula is C22H18F2N4. The molecule has 0 fully saturated rings. The first-order valence-electron chi connectivity index (χ1n) is 8.87. The Balaban J connectivity index is 1.82. The van der Waals surface area contributed by atoms with Crippen LogP contribution < -0.4 is 5.01 Å². The highest BCUT2D eigenvalue weighted by Gasteiger charge is 2.24. The van der Waals surface area contributed by atoms with Crippen molar-refractivity contribution in [2.75, 3.05) is 5.01 Å². The first-order chi connectivity index (χ1) is 13.7. The number of nitrogens with zero attached hydrogens (tertiary/aromatic N) is 4. The standard InChI is InChI=1S/C22H18F2N4/c23-20-10-6-18(7-11-20)22(19-8-12-21(24)13-9-19)27(28-16-25-15-26-28)14-17-4-2-1-3-5-17/h1-13,15-16,22H,14H2. The van der Waals surface area contributed by atoms with Gasteiger partial charge in [0.2, 0.25) is 0 Å². The lowest BCUT2D eigenvalue weighted by Crippen LogP contribution is -2.39. The summed E-state index contributed by atoms with van der Waals surface area (Å²) in [7, 11) is 0. The zero-order valence-electron chi connectivity index (χ0n) is 15.0. The fourth-order valence-corrected chi connectivity index (χ4v) is 3.21. The van der Waals surface area contributed by atoms with E-state index in [4.69, 9.17) is 0 Å². The quantitative estimate of drug-likeness (QED) is 0.497. The molecule has 0 amide bonds. The van der Waals surface area contributed by atoms with E-state index in [0.717, 1.165) is 16.7 Å². The van der Waals surface area contributed by atoms with Gasteiger partial charge in [-0.2, -0.15) is 4.79 Å². The molecule has 0 aliphatic heterocycles. The molecule has 0 spiro atoms. The van der Waals surface area contributed by atoms with Gasteiger partial charge in [-0.25, -0.2) is 13.8 Å². The molecule has 0 saturated carbocycles. The van der Waals surface area contributed by atoms with Crippen LogP contribution in [-0.4, -0.2) is 14.9 Å². The van der Waals surface area contributed by atoms with Crippen molar-refractivity contribution in [2.24, 2.45) is 0 Å². The molecule has 0 atom stereocenters. The van der Waals surface area contributed by atoms with E-state index >= 15 is 0 Å². The third-order valence-electron chi connectivity index (χ3n) is 4.53. The molecule has 0 N–H and O–H groups in total. The maximum absolute atomic E-state index is 13.5. The first kappa shape index (κ1) is 17.9. The van der Waals surface area contributed by atoms with Crippen molar-refractivity contribution in [3.63, 3.8) is 0 Å². The third-order valence-corrected chi connectivity index (χ3v) is 4.53. The number of halogens is 2. The zero-order chi connectivity index (χ0) is 19.3. The number of aromatic nitrogens is 3. The minimum atomic E-state index is -0.317. The molecule has 0 unspecified atom stereocenters. The molecule has 4 rings (SSSR count). The minimum absolute atomic E-state index is 0.308. The van der Waals surface area contributed by atoms with Crippen molar-refractivity contribution >= 4 is 0 Å². The van der Waals surface area contributed by atoms with Gasteiger partial charge in [0.15, 0.2) is 0 Å². The van der Waals surface area contributed by atoms with Crippen molar-refractivity contribution in [3.05, 3.63) is 120 Å². The summed E-state index contributed by atoms with van der Waals surface area (Å²) >= 11 is 0. The van der Waals surface area contributed by atoms with Gasteiger partial charge in [-0.3, -0.25) is 5.01 Å². The molecule has 0 radical (unpaired) electrons. The van der Waals surface area contributed by atoms with Gasteiger partial charge in [0, 0.05) is 0 Å². The molecule has 28 heavy (non-hydrogen) atoms. The Bertz CT molecular complexity index is 955. The fourth-order valence-electron chi connectivity index (χ4n) is 3.21. The summed E-state index contributed by atoms with van der Waals surface area (Å²) in [6.07, 6.45) is 3.08. The summed E-state index contributed by atoms with van der Waals surface area (Å²) in [5.74, 6) is -0.617. The molecule has 0 bridgehead atoms. The molecule has 4 aromatic rings. The second kappa shape index (κ2) is 8.00. The van der Waals surface area contributed by atoms with Gasteiger partial charge in [0.25, 0.3) is 0 Å². The van der Waals surface area contributed by atoms with Crippen molar-refractivity contribution in [2.45, 2.75) is 12.6 Å². The summed E-state index contributed by atoms with van der Waals surface area (Å²) < 4.78 is 27.1. The van der Waals surface area contributed by atoms with Crippen LogP contribution in [0.3, 0.4) is 0 Å². The number of benzene rings is 3. The summed E-state index contributed by atoms with van der Waals surface area (Å²) in [6.45, 7) is 0.531. The lowest BCUT2D eigenvalue weighted by molar-refractivity contribution is 0.476. The van der Waals surface area contributed by atoms with Crippen LogP contribution >= 0.6 is 0 Å². The average Bonchev–Trinajstić information content (AvgIpc) is 3.26. The van der Waals surface area contributed by atoms with E-state index in [-0.39, 0.29) is 17.7 Å². The molecule has 140 valence electrons. The van der Waals surface area contributed by atoms with E-state index in [2.05, 4.69) is 10.1 Å². The molecule has 0 aliphatic carbocycles. The predicted molar refractivity (Wildman–Crippen MR) is 103 cm³/mol. The van der Waals surface area contributed by atoms with Crippen LogP contribution in [0.15, 0.2) is 91.5 Å². The van der Waals surface area contributed by atoms with Crippen LogP contribution in [-0.2, 0) is 6.54 Å². The Morgan fingerprint density at radius 1 is 0.786 bits per heavy atom. The summed E-state index contributed by atoms with van der Waals surface area (Å²) in [6, 6.07) is 22.3. The Morgan fingerprint density at radius 3 is 1.86 bits per heavy atom. The highest BCUT2D eigenvalue weighted by atomic mass is 19.1. The minimum Gasteiger partial charge on any atom is -0.279 e. The molecule has 4 nitrogen and oxygen atoms in total. The smallest absolute Gasteiger partial charge is 0.139 e. The molecule has 0 aliphatic rings. The molecule has 1 heterocycles. The Labute approximate surface area is 161 Å². The van der Waals surface area contributed by atoms with Crippen LogP contribution in [0.2, 0.25) is 0 Å². The Hall–Kier alpha value is -3.54. The maximum atomic E-state index is 13.5. The van der Waals surface area contributed by atoms with E-state index in [1.54, 1.807) is 35.4 Å². The first-order valence-corrected chi connectivity index (χ1v) is 8.87. The summed E-state index contributed by atoms with van der Waals surface area (Å²) in [4.78, 5) is 5.73. The van der Waals surface area contributed by atoms with Crippen molar-refractivity contribution in [1.29, 1.82) is 0 Å². The topological polar surface area (TPSA) is 34.0 Å². The van der Waals surface area contributed by atoms with Gasteiger partial charge in [0.05, 0.1) is 12.6 Å². The van der Waals surface area contributed by atoms with Gasteiger partial charge in [-0.1, -0.05) is 54.6 Å². The van der Waals surface area contributed by atoms with E-state index in [1.807, 2.05) is 35.3 Å². The van der Waals surface area contributed by atoms with Crippen molar-refractivity contribution in [3.8, 4) is 0 Å². The van der Waals surface area contributed by atoms with Crippen LogP contribution in [0.5, 0.6) is 0 Å². The fraction of sp³-hybridized carbons (Fsp3) is 0.0909. The van der Waals surface area contributed by atoms with E-state index < -0.39 is 0 Å². The lowest BCUT2D eigenvalue weighted by Gasteiger charge is -2.33. The monoisotopic (exact) mass is 376 g/mol. The van der Waals surface area contributed by atoms with Crippen molar-refractivity contribution < 1.29 is 8.78 Å². The van der Waals surface area contributed by atoms with Gasteiger partial charge in [0.1, 0.15) is 24.3 Å². The van der Waals surface area contributed by atoms with Gasteiger partial charge >= 0.3 is 0 Å². The molecular weight excluding hydrogens is 358 g/mol. The zero-order valence-corrected chi connectivity index (χ0v) is 15.0. The normalized spacial score (nSPS) is 11.0. The van der Waals surface area contributed by atoms with Gasteiger partial charge in [-0.05, 0) is 41.0 Å². The highest BCUT2D eigenvalue weighted by molar-refractivity contribution is 5.36. The second-order valence-corrected chi connectivity index (χ2v) is 6.40. The number of hydrogen-bond donors (Lipinski definition) is 0. The largest absolute Gasteiger partial charge is 0.279 e. The maximum Gasteiger partial charge on any atom is 0.139 e. The number of rotatable bonds is 6. The second-order valence-electron chi connectivity index (χ2n) is 6.40. The van der Waals surface area contributed by atoms with E-state index in [0.29, 0.717) is 6.54 Å². The summed E-state index contributed by atoms with van der Waals surface area (Å²) in [5.41, 5.74) is 2.80. The SMILES string of the molecule is Fc1ccc(C(c2ccc(F)cc2)N(Cc2ccccc2)n2cncn2)cc1. The lowest BCUT2D eigenvalue weighted by atomic mass is 9.97. The van der Waals surface area contributed by atoms with Crippen molar-refractivity contribution in [1.82, 2.24) is 14.9 Å². The van der Waals surface area contributed by atoms with Crippen LogP contribution in [0.25, 0.3) is 0 Å². The highest BCUT2D eigenvalue weighted by Crippen LogP contribution is 2.29. The summed E-state index contributed by atoms with van der Waals surface area (Å²) in [5, 5.41) is 6.31. The van der Waals surface area contributed by atoms with Gasteiger partial charge in [-0.15, -0.1) is 5.10 Å². The Kier molecular flexibility index (Phi) is 5.10. The van der Waals surface area contributed by atoms with Crippen LogP contribution in [0, 0.1) is 11.6 Å². The van der Waals surface area contributed by atoms with E-state index in [1.165, 1.54) is 30.6 Å². The molecule has 1 aromatic heterocycles. The van der Waals surface area contributed by atoms with E-state index in [9.17, 15) is 8.78 Å². The van der Waals surface area contributed by atoms with Crippen LogP contribution in [0.1, 0.15) is 22.7 Å². The third kappa shape index (κ3) is 3.91. The molecule has 3 aromatic carbocycles. The molecule has 0 saturated heterocycles. The average molecular weight is 376 g/mol. The predicted octanol–water partition coefficient (Wildman–Crippen LogP) is 4.48. The Morgan fingerprint density at radius 2 is 1.36 bits per heavy atom. The molecule has 6 heteroatoms.